The molecule has 0 N–H and O–H groups in total. The maximum Gasteiger partial charge on any atom is 0.164 e. The molecule has 0 saturated heterocycles. The van der Waals surface area contributed by atoms with Crippen LogP contribution in [0.15, 0.2) is 0 Å². The summed E-state index contributed by atoms with van der Waals surface area (Å²) in [6.45, 7) is 9.10. The molecule has 0 amide bonds. The van der Waals surface area contributed by atoms with Gasteiger partial charge in [0.05, 0.1) is 5.60 Å². The zero-order valence-corrected chi connectivity index (χ0v) is 9.60. The van der Waals surface area contributed by atoms with Gasteiger partial charge in [-0.1, -0.05) is 20.8 Å². The zero-order chi connectivity index (χ0) is 8.48. The fraction of sp³-hybridized carbons (Fsp3) is 1.00. The molecule has 1 saturated carbocycles. The molecule has 1 aliphatic carbocycles. The molecule has 0 bridgehead atoms. The molecular formula is C9H20OSi. The van der Waals surface area contributed by atoms with Crippen molar-refractivity contribution in [3.8, 4) is 0 Å². The predicted molar refractivity (Wildman–Crippen MR) is 51.5 cm³/mol. The molecule has 2 heteroatoms. The van der Waals surface area contributed by atoms with Crippen LogP contribution in [0.3, 0.4) is 0 Å². The van der Waals surface area contributed by atoms with Gasteiger partial charge in [-0.3, -0.25) is 0 Å². The summed E-state index contributed by atoms with van der Waals surface area (Å²) in [6, 6.07) is 0. The van der Waals surface area contributed by atoms with E-state index in [1.54, 1.807) is 0 Å². The molecule has 0 aromatic heterocycles. The van der Waals surface area contributed by atoms with Crippen molar-refractivity contribution < 1.29 is 4.43 Å². The Kier molecular flexibility index (Phi) is 2.76. The van der Waals surface area contributed by atoms with Crippen molar-refractivity contribution >= 4 is 9.76 Å². The van der Waals surface area contributed by atoms with Crippen LogP contribution in [0.2, 0.25) is 5.54 Å². The summed E-state index contributed by atoms with van der Waals surface area (Å²) in [6.07, 6.45) is 2.65. The lowest BCUT2D eigenvalue weighted by Crippen LogP contribution is -2.46. The Balaban J connectivity index is 2.25. The van der Waals surface area contributed by atoms with Crippen molar-refractivity contribution in [2.75, 3.05) is 0 Å². The Bertz CT molecular complexity index is 136. The second kappa shape index (κ2) is 3.28. The van der Waals surface area contributed by atoms with Crippen LogP contribution >= 0.6 is 0 Å². The first-order chi connectivity index (χ1) is 5.04. The van der Waals surface area contributed by atoms with Crippen LogP contribution < -0.4 is 0 Å². The lowest BCUT2D eigenvalue weighted by atomic mass is 9.72. The van der Waals surface area contributed by atoms with Gasteiger partial charge in [-0.15, -0.1) is 0 Å². The Labute approximate surface area is 72.5 Å². The molecule has 1 fully saturated rings. The van der Waals surface area contributed by atoms with Gasteiger partial charge < -0.3 is 4.43 Å². The summed E-state index contributed by atoms with van der Waals surface area (Å²) in [7, 11) is -0.250. The summed E-state index contributed by atoms with van der Waals surface area (Å²) < 4.78 is 5.98. The number of hydrogen-bond donors (Lipinski definition) is 0. The van der Waals surface area contributed by atoms with Crippen LogP contribution in [0.5, 0.6) is 0 Å². The minimum Gasteiger partial charge on any atom is -0.418 e. The first-order valence-corrected chi connectivity index (χ1v) is 6.08. The summed E-state index contributed by atoms with van der Waals surface area (Å²) in [4.78, 5) is 0. The largest absolute Gasteiger partial charge is 0.418 e. The van der Waals surface area contributed by atoms with Gasteiger partial charge in [0.25, 0.3) is 0 Å². The fourth-order valence-corrected chi connectivity index (χ4v) is 2.55. The van der Waals surface area contributed by atoms with E-state index >= 15 is 0 Å². The van der Waals surface area contributed by atoms with Crippen molar-refractivity contribution in [3.05, 3.63) is 0 Å². The molecule has 0 spiro atoms. The zero-order valence-electron chi connectivity index (χ0n) is 8.18. The minimum absolute atomic E-state index is 0.250. The summed E-state index contributed by atoms with van der Waals surface area (Å²) in [5.41, 5.74) is 1.08. The molecule has 2 unspecified atom stereocenters. The molecule has 1 aliphatic rings. The van der Waals surface area contributed by atoms with E-state index in [9.17, 15) is 0 Å². The van der Waals surface area contributed by atoms with Gasteiger partial charge >= 0.3 is 0 Å². The molecular weight excluding hydrogens is 152 g/mol. The Morgan fingerprint density at radius 2 is 2.18 bits per heavy atom. The third kappa shape index (κ3) is 2.06. The van der Waals surface area contributed by atoms with E-state index in [0.717, 1.165) is 11.5 Å². The molecule has 0 heterocycles. The van der Waals surface area contributed by atoms with Gasteiger partial charge in [0.2, 0.25) is 0 Å². The van der Waals surface area contributed by atoms with Gasteiger partial charge in [0, 0.05) is 0 Å². The smallest absolute Gasteiger partial charge is 0.164 e. The average molecular weight is 172 g/mol. The van der Waals surface area contributed by atoms with Crippen LogP contribution in [0.1, 0.15) is 40.5 Å². The Morgan fingerprint density at radius 3 is 2.45 bits per heavy atom. The first kappa shape index (κ1) is 9.27. The number of hydrogen-bond acceptors (Lipinski definition) is 1. The van der Waals surface area contributed by atoms with Crippen LogP contribution in [-0.4, -0.2) is 15.4 Å². The molecule has 0 aromatic rings. The van der Waals surface area contributed by atoms with Crippen LogP contribution in [0.25, 0.3) is 0 Å². The molecule has 0 radical (unpaired) electrons. The van der Waals surface area contributed by atoms with Crippen LogP contribution in [0.4, 0.5) is 0 Å². The molecule has 1 rings (SSSR count). The summed E-state index contributed by atoms with van der Waals surface area (Å²) >= 11 is 0. The molecule has 0 aliphatic heterocycles. The highest BCUT2D eigenvalue weighted by Gasteiger charge is 2.39. The molecule has 1 nitrogen and oxygen atoms in total. The maximum atomic E-state index is 5.98. The van der Waals surface area contributed by atoms with Crippen LogP contribution in [0, 0.1) is 5.92 Å². The van der Waals surface area contributed by atoms with Crippen molar-refractivity contribution in [2.24, 2.45) is 5.92 Å². The topological polar surface area (TPSA) is 9.23 Å². The van der Waals surface area contributed by atoms with Crippen molar-refractivity contribution in [1.29, 1.82) is 0 Å². The minimum atomic E-state index is -0.250. The lowest BCUT2D eigenvalue weighted by molar-refractivity contribution is -0.0450. The van der Waals surface area contributed by atoms with E-state index in [0.29, 0.717) is 0 Å². The maximum absolute atomic E-state index is 5.98. The van der Waals surface area contributed by atoms with Gasteiger partial charge in [-0.2, -0.15) is 0 Å². The van der Waals surface area contributed by atoms with E-state index in [4.69, 9.17) is 4.43 Å². The average Bonchev–Trinajstić information content (AvgIpc) is 1.97. The third-order valence-electron chi connectivity index (χ3n) is 2.86. The SMILES string of the molecule is CC(C)[SiH2]OC1(C)CCC1C. The van der Waals surface area contributed by atoms with Gasteiger partial charge in [-0.05, 0) is 31.2 Å². The van der Waals surface area contributed by atoms with E-state index in [-0.39, 0.29) is 15.4 Å². The highest BCUT2D eigenvalue weighted by Crippen LogP contribution is 2.40. The van der Waals surface area contributed by atoms with E-state index in [1.807, 2.05) is 0 Å². The fourth-order valence-electron chi connectivity index (χ4n) is 1.41. The second-order valence-electron chi connectivity index (χ2n) is 4.46. The Morgan fingerprint density at radius 1 is 1.55 bits per heavy atom. The van der Waals surface area contributed by atoms with E-state index < -0.39 is 0 Å². The standard InChI is InChI=1S/C9H20OSi/c1-7(2)11-10-9(4)6-5-8(9)3/h7-8H,5-6,11H2,1-4H3. The molecule has 11 heavy (non-hydrogen) atoms. The van der Waals surface area contributed by atoms with Gasteiger partial charge in [-0.25, -0.2) is 0 Å². The predicted octanol–water partition coefficient (Wildman–Crippen LogP) is 2.10. The third-order valence-corrected chi connectivity index (χ3v) is 4.36. The van der Waals surface area contributed by atoms with Gasteiger partial charge in [0.1, 0.15) is 0 Å². The first-order valence-electron chi connectivity index (χ1n) is 4.68. The second-order valence-corrected chi connectivity index (χ2v) is 6.71. The van der Waals surface area contributed by atoms with Crippen LogP contribution in [-0.2, 0) is 4.43 Å². The quantitative estimate of drug-likeness (QED) is 0.592. The monoisotopic (exact) mass is 172 g/mol. The van der Waals surface area contributed by atoms with Crippen molar-refractivity contribution in [3.63, 3.8) is 0 Å². The van der Waals surface area contributed by atoms with Crippen molar-refractivity contribution in [2.45, 2.75) is 51.7 Å². The summed E-state index contributed by atoms with van der Waals surface area (Å²) in [5.74, 6) is 0.800. The lowest BCUT2D eigenvalue weighted by Gasteiger charge is -2.46. The Hall–Kier alpha value is 0.177. The highest BCUT2D eigenvalue weighted by atomic mass is 28.2. The molecule has 2 atom stereocenters. The van der Waals surface area contributed by atoms with E-state index in [1.165, 1.54) is 12.8 Å². The number of rotatable bonds is 3. The van der Waals surface area contributed by atoms with Gasteiger partial charge in [0.15, 0.2) is 9.76 Å². The van der Waals surface area contributed by atoms with Crippen molar-refractivity contribution in [1.82, 2.24) is 0 Å². The molecule has 66 valence electrons. The highest BCUT2D eigenvalue weighted by molar-refractivity contribution is 6.29. The summed E-state index contributed by atoms with van der Waals surface area (Å²) in [5, 5.41) is 0. The van der Waals surface area contributed by atoms with E-state index in [2.05, 4.69) is 27.7 Å². The molecule has 0 aromatic carbocycles. The normalized spacial score (nSPS) is 38.5.